The molecule has 166 valence electrons. The normalized spacial score (nSPS) is 16.9. The van der Waals surface area contributed by atoms with Gasteiger partial charge in [0.15, 0.2) is 0 Å². The number of benzene rings is 4. The average Bonchev–Trinajstić information content (AvgIpc) is 2.83. The number of nitrogens with two attached hydrogens (primary N) is 1. The zero-order chi connectivity index (χ0) is 23.4. The van der Waals surface area contributed by atoms with E-state index in [1.807, 2.05) is 36.4 Å². The second-order valence-corrected chi connectivity index (χ2v) is 8.92. The van der Waals surface area contributed by atoms with Gasteiger partial charge in [0.1, 0.15) is 11.7 Å². The van der Waals surface area contributed by atoms with Gasteiger partial charge in [-0.05, 0) is 51.6 Å². The van der Waals surface area contributed by atoms with Gasteiger partial charge >= 0.3 is 0 Å². The molecule has 0 saturated carbocycles. The third-order valence-corrected chi connectivity index (χ3v) is 7.01. The van der Waals surface area contributed by atoms with Crippen molar-refractivity contribution >= 4 is 11.7 Å². The highest BCUT2D eigenvalue weighted by Crippen LogP contribution is 2.63. The van der Waals surface area contributed by atoms with Crippen LogP contribution in [0.15, 0.2) is 84.9 Å². The van der Waals surface area contributed by atoms with Crippen LogP contribution in [-0.2, 0) is 6.54 Å². The minimum Gasteiger partial charge on any atom is -0.384 e. The van der Waals surface area contributed by atoms with E-state index >= 15 is 0 Å². The van der Waals surface area contributed by atoms with Gasteiger partial charge in [0.25, 0.3) is 5.91 Å². The Hall–Kier alpha value is -4.25. The van der Waals surface area contributed by atoms with Gasteiger partial charge in [-0.2, -0.15) is 0 Å². The number of halogens is 1. The Kier molecular flexibility index (Phi) is 4.59. The fourth-order valence-corrected chi connectivity index (χ4v) is 5.21. The van der Waals surface area contributed by atoms with Crippen LogP contribution in [0.1, 0.15) is 55.6 Å². The van der Waals surface area contributed by atoms with E-state index in [2.05, 4.69) is 23.5 Å². The van der Waals surface area contributed by atoms with E-state index in [4.69, 9.17) is 11.1 Å². The number of nitrogens with one attached hydrogen (secondary N) is 2. The molecule has 5 heteroatoms. The molecule has 0 heterocycles. The molecule has 4 aromatic rings. The van der Waals surface area contributed by atoms with Gasteiger partial charge in [0.05, 0.1) is 0 Å². The van der Waals surface area contributed by atoms with Crippen LogP contribution in [0.5, 0.6) is 0 Å². The molecule has 2 aliphatic rings. The zero-order valence-corrected chi connectivity index (χ0v) is 18.3. The van der Waals surface area contributed by atoms with Crippen molar-refractivity contribution < 1.29 is 9.18 Å². The first-order valence-corrected chi connectivity index (χ1v) is 11.3. The van der Waals surface area contributed by atoms with Crippen molar-refractivity contribution in [3.05, 3.63) is 130 Å². The Morgan fingerprint density at radius 2 is 1.47 bits per heavy atom. The maximum atomic E-state index is 14.3. The van der Waals surface area contributed by atoms with E-state index in [9.17, 15) is 9.18 Å². The van der Waals surface area contributed by atoms with Crippen molar-refractivity contribution in [3.63, 3.8) is 0 Å². The fraction of sp³-hybridized carbons (Fsp3) is 0.103. The number of rotatable bonds is 5. The van der Waals surface area contributed by atoms with Gasteiger partial charge in [-0.3, -0.25) is 10.2 Å². The molecule has 6 rings (SSSR count). The SMILES string of the molecule is N=C(N)c1ccc(CNC(=O)c2ccc3c(c2)C2c4cc(-c5ccccc5F)ccc4[C@@H]32)cc1. The summed E-state index contributed by atoms with van der Waals surface area (Å²) >= 11 is 0. The summed E-state index contributed by atoms with van der Waals surface area (Å²) in [4.78, 5) is 12.8. The molecule has 1 unspecified atom stereocenters. The van der Waals surface area contributed by atoms with Crippen LogP contribution in [0.3, 0.4) is 0 Å². The van der Waals surface area contributed by atoms with E-state index in [1.165, 1.54) is 28.3 Å². The van der Waals surface area contributed by atoms with Gasteiger partial charge in [0.2, 0.25) is 0 Å². The smallest absolute Gasteiger partial charge is 0.251 e. The van der Waals surface area contributed by atoms with Crippen LogP contribution in [0.4, 0.5) is 4.39 Å². The Labute approximate surface area is 196 Å². The molecule has 0 aliphatic heterocycles. The third-order valence-electron chi connectivity index (χ3n) is 7.01. The first-order chi connectivity index (χ1) is 16.5. The fourth-order valence-electron chi connectivity index (χ4n) is 5.21. The van der Waals surface area contributed by atoms with E-state index < -0.39 is 0 Å². The highest BCUT2D eigenvalue weighted by Gasteiger charge is 2.49. The number of amides is 1. The predicted molar refractivity (Wildman–Crippen MR) is 131 cm³/mol. The monoisotopic (exact) mass is 447 g/mol. The average molecular weight is 448 g/mol. The number of carbonyl (C=O) groups excluding carboxylic acids is 1. The molecule has 2 aliphatic carbocycles. The third kappa shape index (κ3) is 3.12. The second-order valence-electron chi connectivity index (χ2n) is 8.92. The molecule has 34 heavy (non-hydrogen) atoms. The predicted octanol–water partition coefficient (Wildman–Crippen LogP) is 5.30. The molecule has 4 N–H and O–H groups in total. The van der Waals surface area contributed by atoms with E-state index in [-0.39, 0.29) is 23.5 Å². The molecule has 0 radical (unpaired) electrons. The van der Waals surface area contributed by atoms with Gasteiger partial charge < -0.3 is 11.1 Å². The Bertz CT molecular complexity index is 1480. The van der Waals surface area contributed by atoms with Crippen molar-refractivity contribution in [2.24, 2.45) is 5.73 Å². The minimum atomic E-state index is -0.220. The van der Waals surface area contributed by atoms with Crippen molar-refractivity contribution in [1.29, 1.82) is 5.41 Å². The summed E-state index contributed by atoms with van der Waals surface area (Å²) in [5.41, 5.74) is 14.2. The first kappa shape index (κ1) is 20.4. The lowest BCUT2D eigenvalue weighted by atomic mass is 9.52. The first-order valence-electron chi connectivity index (χ1n) is 11.3. The summed E-state index contributed by atoms with van der Waals surface area (Å²) in [6, 6.07) is 26.2. The van der Waals surface area contributed by atoms with Crippen molar-refractivity contribution in [3.8, 4) is 11.1 Å². The molecule has 0 aromatic heterocycles. The Morgan fingerprint density at radius 1 is 0.824 bits per heavy atom. The number of nitrogen functional groups attached to an aromatic ring is 1. The van der Waals surface area contributed by atoms with E-state index in [0.29, 0.717) is 29.2 Å². The number of carbonyl (C=O) groups is 1. The van der Waals surface area contributed by atoms with E-state index in [0.717, 1.165) is 11.1 Å². The summed E-state index contributed by atoms with van der Waals surface area (Å²) in [6.07, 6.45) is 0. The molecular formula is C29H22FN3O. The molecular weight excluding hydrogens is 425 g/mol. The molecule has 4 aromatic carbocycles. The summed E-state index contributed by atoms with van der Waals surface area (Å²) < 4.78 is 14.3. The van der Waals surface area contributed by atoms with Gasteiger partial charge in [-0.1, -0.05) is 66.7 Å². The largest absolute Gasteiger partial charge is 0.384 e. The topological polar surface area (TPSA) is 79.0 Å². The highest BCUT2D eigenvalue weighted by molar-refractivity contribution is 5.95. The van der Waals surface area contributed by atoms with Crippen molar-refractivity contribution in [2.75, 3.05) is 0 Å². The van der Waals surface area contributed by atoms with Crippen LogP contribution in [-0.4, -0.2) is 11.7 Å². The number of amidine groups is 1. The Morgan fingerprint density at radius 3 is 2.21 bits per heavy atom. The molecule has 0 spiro atoms. The molecule has 0 bridgehead atoms. The summed E-state index contributed by atoms with van der Waals surface area (Å²) in [7, 11) is 0. The molecule has 2 atom stereocenters. The standard InChI is InChI=1S/C29H22FN3O/c30-25-4-2-1-3-20(25)18-9-11-21-23(13-18)27-24-14-19(10-12-22(24)26(21)27)29(34)33-15-16-5-7-17(8-6-16)28(31)32/h1-14,26-27H,15H2,(H3,31,32)(H,33,34)/t26-,27?/m0/s1. The maximum absolute atomic E-state index is 14.3. The molecule has 0 saturated heterocycles. The summed E-state index contributed by atoms with van der Waals surface area (Å²) in [6.45, 7) is 0.398. The maximum Gasteiger partial charge on any atom is 0.251 e. The summed E-state index contributed by atoms with van der Waals surface area (Å²) in [5.74, 6) is 0.318. The van der Waals surface area contributed by atoms with E-state index in [1.54, 1.807) is 24.3 Å². The lowest BCUT2D eigenvalue weighted by Crippen LogP contribution is -2.36. The molecule has 1 amide bonds. The molecule has 0 fully saturated rings. The lowest BCUT2D eigenvalue weighted by molar-refractivity contribution is 0.0950. The minimum absolute atomic E-state index is 0.0227. The number of hydrogen-bond donors (Lipinski definition) is 3. The van der Waals surface area contributed by atoms with Crippen molar-refractivity contribution in [1.82, 2.24) is 5.32 Å². The summed E-state index contributed by atoms with van der Waals surface area (Å²) in [5, 5.41) is 10.4. The lowest BCUT2D eigenvalue weighted by Gasteiger charge is -2.50. The quantitative estimate of drug-likeness (QED) is 0.287. The number of hydrogen-bond acceptors (Lipinski definition) is 2. The van der Waals surface area contributed by atoms with Crippen molar-refractivity contribution in [2.45, 2.75) is 18.4 Å². The van der Waals surface area contributed by atoms with Gasteiger partial charge in [-0.25, -0.2) is 4.39 Å². The van der Waals surface area contributed by atoms with Crippen LogP contribution in [0.25, 0.3) is 11.1 Å². The van der Waals surface area contributed by atoms with Crippen LogP contribution in [0.2, 0.25) is 0 Å². The zero-order valence-electron chi connectivity index (χ0n) is 18.3. The van der Waals surface area contributed by atoms with Crippen LogP contribution >= 0.6 is 0 Å². The van der Waals surface area contributed by atoms with Gasteiger partial charge in [0, 0.05) is 35.1 Å². The molecule has 4 nitrogen and oxygen atoms in total. The highest BCUT2D eigenvalue weighted by atomic mass is 19.1. The van der Waals surface area contributed by atoms with Crippen LogP contribution < -0.4 is 11.1 Å². The van der Waals surface area contributed by atoms with Gasteiger partial charge in [-0.15, -0.1) is 0 Å². The van der Waals surface area contributed by atoms with Crippen LogP contribution in [0, 0.1) is 11.2 Å². The number of fused-ring (bicyclic) bond motifs is 7. The Balaban J connectivity index is 1.20. The second kappa shape index (κ2) is 7.66.